The first-order chi connectivity index (χ1) is 6.22. The minimum Gasteiger partial charge on any atom is -0.391 e. The van der Waals surface area contributed by atoms with Crippen LogP contribution in [-0.4, -0.2) is 39.9 Å². The third-order valence-corrected chi connectivity index (χ3v) is 1.74. The predicted molar refractivity (Wildman–Crippen MR) is 47.2 cm³/mol. The number of ether oxygens (including phenoxy) is 1. The van der Waals surface area contributed by atoms with Crippen molar-refractivity contribution in [3.05, 3.63) is 11.9 Å². The second kappa shape index (κ2) is 4.94. The first-order valence-electron chi connectivity index (χ1n) is 4.24. The zero-order valence-electron chi connectivity index (χ0n) is 7.97. The molecule has 0 aliphatic carbocycles. The molecule has 0 saturated carbocycles. The molecule has 1 N–H and O–H groups in total. The van der Waals surface area contributed by atoms with Crippen LogP contribution in [0.4, 0.5) is 0 Å². The molecule has 0 aliphatic rings. The normalized spacial score (nSPS) is 13.2. The quantitative estimate of drug-likeness (QED) is 0.687. The van der Waals surface area contributed by atoms with E-state index in [2.05, 4.69) is 10.3 Å². The second-order valence-electron chi connectivity index (χ2n) is 3.03. The van der Waals surface area contributed by atoms with Gasteiger partial charge >= 0.3 is 0 Å². The summed E-state index contributed by atoms with van der Waals surface area (Å²) in [6.07, 6.45) is 2.83. The Hall–Kier alpha value is -0.940. The van der Waals surface area contributed by atoms with E-state index in [0.717, 1.165) is 12.1 Å². The molecule has 1 atom stereocenters. The molecule has 0 bridgehead atoms. The summed E-state index contributed by atoms with van der Waals surface area (Å²) < 4.78 is 6.46. The van der Waals surface area contributed by atoms with E-state index in [1.807, 2.05) is 13.2 Å². The zero-order valence-corrected chi connectivity index (χ0v) is 7.97. The molecular formula is C8H15N3O2. The van der Waals surface area contributed by atoms with Gasteiger partial charge in [0.2, 0.25) is 0 Å². The third-order valence-electron chi connectivity index (χ3n) is 1.74. The average molecular weight is 185 g/mol. The van der Waals surface area contributed by atoms with Crippen LogP contribution in [0.3, 0.4) is 0 Å². The molecule has 0 saturated heterocycles. The minimum atomic E-state index is -0.410. The van der Waals surface area contributed by atoms with Crippen LogP contribution in [0.1, 0.15) is 12.1 Å². The molecule has 13 heavy (non-hydrogen) atoms. The highest BCUT2D eigenvalue weighted by molar-refractivity contribution is 4.92. The summed E-state index contributed by atoms with van der Waals surface area (Å²) in [5.41, 5.74) is 0.901. The summed E-state index contributed by atoms with van der Waals surface area (Å²) in [4.78, 5) is 0. The molecule has 0 fully saturated rings. The molecule has 5 nitrogen and oxygen atoms in total. The molecule has 1 heterocycles. The lowest BCUT2D eigenvalue weighted by atomic mass is 10.2. The van der Waals surface area contributed by atoms with Crippen LogP contribution in [0.5, 0.6) is 0 Å². The molecule has 1 aromatic heterocycles. The SMILES string of the molecule is COCC(O)CCc1cn(C)nn1. The summed E-state index contributed by atoms with van der Waals surface area (Å²) in [7, 11) is 3.40. The number of aliphatic hydroxyl groups excluding tert-OH is 1. The van der Waals surface area contributed by atoms with Crippen molar-refractivity contribution in [2.24, 2.45) is 7.05 Å². The van der Waals surface area contributed by atoms with Crippen LogP contribution in [0.15, 0.2) is 6.20 Å². The van der Waals surface area contributed by atoms with Crippen LogP contribution in [0, 0.1) is 0 Å². The molecule has 1 rings (SSSR count). The smallest absolute Gasteiger partial charge is 0.0828 e. The minimum absolute atomic E-state index is 0.375. The largest absolute Gasteiger partial charge is 0.391 e. The van der Waals surface area contributed by atoms with Crippen molar-refractivity contribution >= 4 is 0 Å². The Balaban J connectivity index is 2.26. The maximum absolute atomic E-state index is 9.34. The number of hydrogen-bond donors (Lipinski definition) is 1. The number of aliphatic hydroxyl groups is 1. The highest BCUT2D eigenvalue weighted by atomic mass is 16.5. The Bertz CT molecular complexity index is 249. The van der Waals surface area contributed by atoms with Gasteiger partial charge in [-0.15, -0.1) is 5.10 Å². The molecular weight excluding hydrogens is 170 g/mol. The van der Waals surface area contributed by atoms with Crippen molar-refractivity contribution in [1.82, 2.24) is 15.0 Å². The van der Waals surface area contributed by atoms with Gasteiger partial charge in [-0.1, -0.05) is 5.21 Å². The molecule has 5 heteroatoms. The molecule has 0 amide bonds. The van der Waals surface area contributed by atoms with Crippen LogP contribution in [0.2, 0.25) is 0 Å². The number of aromatic nitrogens is 3. The molecule has 0 spiro atoms. The van der Waals surface area contributed by atoms with Crippen LogP contribution < -0.4 is 0 Å². The summed E-state index contributed by atoms with van der Waals surface area (Å²) in [5.74, 6) is 0. The lowest BCUT2D eigenvalue weighted by molar-refractivity contribution is 0.0594. The summed E-state index contributed by atoms with van der Waals surface area (Å²) in [5, 5.41) is 17.0. The maximum atomic E-state index is 9.34. The Kier molecular flexibility index (Phi) is 3.85. The van der Waals surface area contributed by atoms with Crippen LogP contribution in [0.25, 0.3) is 0 Å². The van der Waals surface area contributed by atoms with Crippen LogP contribution in [-0.2, 0) is 18.2 Å². The monoisotopic (exact) mass is 185 g/mol. The fourth-order valence-corrected chi connectivity index (χ4v) is 1.10. The number of aryl methyl sites for hydroxylation is 2. The number of rotatable bonds is 5. The van der Waals surface area contributed by atoms with Gasteiger partial charge in [0.05, 0.1) is 18.4 Å². The fourth-order valence-electron chi connectivity index (χ4n) is 1.10. The van der Waals surface area contributed by atoms with E-state index >= 15 is 0 Å². The Labute approximate surface area is 77.3 Å². The third kappa shape index (κ3) is 3.52. The van der Waals surface area contributed by atoms with Gasteiger partial charge < -0.3 is 9.84 Å². The van der Waals surface area contributed by atoms with E-state index in [0.29, 0.717) is 13.0 Å². The number of methoxy groups -OCH3 is 1. The number of nitrogens with zero attached hydrogens (tertiary/aromatic N) is 3. The maximum Gasteiger partial charge on any atom is 0.0828 e. The first-order valence-corrected chi connectivity index (χ1v) is 4.24. The molecule has 0 radical (unpaired) electrons. The Morgan fingerprint density at radius 1 is 1.69 bits per heavy atom. The average Bonchev–Trinajstić information content (AvgIpc) is 2.49. The Morgan fingerprint density at radius 2 is 2.46 bits per heavy atom. The highest BCUT2D eigenvalue weighted by Gasteiger charge is 2.05. The van der Waals surface area contributed by atoms with E-state index < -0.39 is 6.10 Å². The summed E-state index contributed by atoms with van der Waals surface area (Å²) >= 11 is 0. The van der Waals surface area contributed by atoms with Gasteiger partial charge in [-0.3, -0.25) is 4.68 Å². The zero-order chi connectivity index (χ0) is 9.68. The predicted octanol–water partition coefficient (Wildman–Crippen LogP) is -0.245. The lowest BCUT2D eigenvalue weighted by Gasteiger charge is -2.06. The van der Waals surface area contributed by atoms with Crippen molar-refractivity contribution < 1.29 is 9.84 Å². The molecule has 74 valence electrons. The molecule has 1 aromatic rings. The van der Waals surface area contributed by atoms with E-state index in [9.17, 15) is 5.11 Å². The van der Waals surface area contributed by atoms with Crippen molar-refractivity contribution in [1.29, 1.82) is 0 Å². The van der Waals surface area contributed by atoms with Crippen molar-refractivity contribution in [3.8, 4) is 0 Å². The van der Waals surface area contributed by atoms with Gasteiger partial charge in [0.15, 0.2) is 0 Å². The van der Waals surface area contributed by atoms with E-state index in [-0.39, 0.29) is 0 Å². The van der Waals surface area contributed by atoms with Gasteiger partial charge in [0.25, 0.3) is 0 Å². The van der Waals surface area contributed by atoms with Gasteiger partial charge in [-0.25, -0.2) is 0 Å². The Morgan fingerprint density at radius 3 is 3.00 bits per heavy atom. The van der Waals surface area contributed by atoms with Gasteiger partial charge in [-0.05, 0) is 12.8 Å². The van der Waals surface area contributed by atoms with Crippen molar-refractivity contribution in [2.75, 3.05) is 13.7 Å². The van der Waals surface area contributed by atoms with Crippen LogP contribution >= 0.6 is 0 Å². The van der Waals surface area contributed by atoms with E-state index in [1.165, 1.54) is 0 Å². The van der Waals surface area contributed by atoms with E-state index in [1.54, 1.807) is 11.8 Å². The van der Waals surface area contributed by atoms with E-state index in [4.69, 9.17) is 4.74 Å². The standard InChI is InChI=1S/C8H15N3O2/c1-11-5-7(9-10-11)3-4-8(12)6-13-2/h5,8,12H,3-4,6H2,1-2H3. The van der Waals surface area contributed by atoms with Gasteiger partial charge in [-0.2, -0.15) is 0 Å². The second-order valence-corrected chi connectivity index (χ2v) is 3.03. The lowest BCUT2D eigenvalue weighted by Crippen LogP contribution is -2.14. The van der Waals surface area contributed by atoms with Gasteiger partial charge in [0, 0.05) is 20.4 Å². The fraction of sp³-hybridized carbons (Fsp3) is 0.750. The number of hydrogen-bond acceptors (Lipinski definition) is 4. The molecule has 0 aliphatic heterocycles. The van der Waals surface area contributed by atoms with Gasteiger partial charge in [0.1, 0.15) is 0 Å². The topological polar surface area (TPSA) is 60.2 Å². The summed E-state index contributed by atoms with van der Waals surface area (Å²) in [6, 6.07) is 0. The van der Waals surface area contributed by atoms with Crippen molar-refractivity contribution in [2.45, 2.75) is 18.9 Å². The highest BCUT2D eigenvalue weighted by Crippen LogP contribution is 2.01. The first kappa shape index (κ1) is 10.1. The molecule has 1 unspecified atom stereocenters. The summed E-state index contributed by atoms with van der Waals surface area (Å²) in [6.45, 7) is 0.375. The van der Waals surface area contributed by atoms with Crippen molar-refractivity contribution in [3.63, 3.8) is 0 Å². The molecule has 0 aromatic carbocycles.